The van der Waals surface area contributed by atoms with E-state index in [1.807, 2.05) is 0 Å². The molecule has 1 aromatic carbocycles. The van der Waals surface area contributed by atoms with Crippen molar-refractivity contribution in [1.29, 1.82) is 0 Å². The second kappa shape index (κ2) is 7.58. The number of rotatable bonds is 8. The maximum Gasteiger partial charge on any atom is 0.269 e. The Morgan fingerprint density at radius 3 is 2.67 bits per heavy atom. The number of nitrogens with zero attached hydrogens (tertiary/aromatic N) is 4. The zero-order chi connectivity index (χ0) is 15.9. The van der Waals surface area contributed by atoms with E-state index in [4.69, 9.17) is 5.53 Å². The molecule has 0 saturated carbocycles. The molecule has 1 rings (SSSR count). The Bertz CT molecular complexity index is 667. The van der Waals surface area contributed by atoms with Crippen LogP contribution in [0.5, 0.6) is 0 Å². The first-order valence-electron chi connectivity index (χ1n) is 5.95. The Hall–Kier alpha value is -2.16. The molecule has 0 aliphatic carbocycles. The number of azide groups is 1. The van der Waals surface area contributed by atoms with Crippen LogP contribution in [0.15, 0.2) is 23.3 Å². The van der Waals surface area contributed by atoms with E-state index in [0.29, 0.717) is 12.0 Å². The van der Waals surface area contributed by atoms with Crippen molar-refractivity contribution < 1.29 is 17.5 Å². The molecule has 0 spiro atoms. The number of nitro benzene ring substituents is 1. The molecule has 0 fully saturated rings. The molecule has 0 N–H and O–H groups in total. The molecule has 21 heavy (non-hydrogen) atoms. The second-order valence-corrected chi connectivity index (χ2v) is 5.83. The van der Waals surface area contributed by atoms with Gasteiger partial charge in [-0.1, -0.05) is 11.2 Å². The smallest absolute Gasteiger partial charge is 0.269 e. The largest absolute Gasteiger partial charge is 0.270 e. The molecule has 0 radical (unpaired) electrons. The maximum atomic E-state index is 10.9. The molecule has 9 nitrogen and oxygen atoms in total. The highest BCUT2D eigenvalue weighted by molar-refractivity contribution is 7.85. The minimum absolute atomic E-state index is 0.0862. The minimum Gasteiger partial charge on any atom is -0.270 e. The molecule has 0 atom stereocenters. The fourth-order valence-corrected chi connectivity index (χ4v) is 2.11. The monoisotopic (exact) mass is 314 g/mol. The lowest BCUT2D eigenvalue weighted by Gasteiger charge is -2.08. The Kier molecular flexibility index (Phi) is 6.10. The van der Waals surface area contributed by atoms with Gasteiger partial charge in [0.05, 0.1) is 17.8 Å². The van der Waals surface area contributed by atoms with Crippen molar-refractivity contribution in [2.24, 2.45) is 5.11 Å². The predicted octanol–water partition coefficient (Wildman–Crippen LogP) is 1.97. The van der Waals surface area contributed by atoms with Gasteiger partial charge in [-0.25, -0.2) is 0 Å². The maximum absolute atomic E-state index is 10.9. The van der Waals surface area contributed by atoms with Crippen LogP contribution in [0.3, 0.4) is 0 Å². The number of nitro groups is 1. The normalized spacial score (nSPS) is 10.9. The summed E-state index contributed by atoms with van der Waals surface area (Å²) < 4.78 is 26.4. The molecule has 0 amide bonds. The van der Waals surface area contributed by atoms with Gasteiger partial charge in [0.25, 0.3) is 15.8 Å². The van der Waals surface area contributed by atoms with E-state index >= 15 is 0 Å². The van der Waals surface area contributed by atoms with Crippen LogP contribution in [0.2, 0.25) is 0 Å². The standard InChI is InChI=1S/C11H14N4O5S/c1-21(18,19)20-7-5-10-8-11(15(16)17)3-2-9(10)4-6-13-14-12/h2-3,8H,4-7H2,1H3. The van der Waals surface area contributed by atoms with Gasteiger partial charge < -0.3 is 0 Å². The second-order valence-electron chi connectivity index (χ2n) is 4.19. The number of hydrogen-bond donors (Lipinski definition) is 0. The van der Waals surface area contributed by atoms with Gasteiger partial charge in [-0.2, -0.15) is 8.42 Å². The third kappa shape index (κ3) is 6.21. The van der Waals surface area contributed by atoms with Crippen LogP contribution < -0.4 is 0 Å². The average molecular weight is 314 g/mol. The minimum atomic E-state index is -3.55. The summed E-state index contributed by atoms with van der Waals surface area (Å²) in [5.41, 5.74) is 9.51. The van der Waals surface area contributed by atoms with Gasteiger partial charge in [0.15, 0.2) is 0 Å². The van der Waals surface area contributed by atoms with Crippen LogP contribution in [0.1, 0.15) is 11.1 Å². The predicted molar refractivity (Wildman–Crippen MR) is 75.3 cm³/mol. The van der Waals surface area contributed by atoms with Crippen molar-refractivity contribution in [1.82, 2.24) is 0 Å². The molecule has 10 heteroatoms. The van der Waals surface area contributed by atoms with Crippen LogP contribution in [-0.2, 0) is 27.1 Å². The van der Waals surface area contributed by atoms with Crippen LogP contribution in [0.25, 0.3) is 10.4 Å². The van der Waals surface area contributed by atoms with Crippen LogP contribution in [0, 0.1) is 10.1 Å². The Balaban J connectivity index is 2.90. The van der Waals surface area contributed by atoms with E-state index in [2.05, 4.69) is 14.2 Å². The topological polar surface area (TPSA) is 135 Å². The van der Waals surface area contributed by atoms with Crippen molar-refractivity contribution in [3.05, 3.63) is 49.9 Å². The highest BCUT2D eigenvalue weighted by Crippen LogP contribution is 2.19. The quantitative estimate of drug-likeness (QED) is 0.180. The SMILES string of the molecule is CS(=O)(=O)OCCc1cc([N+](=O)[O-])ccc1CCN=[N+]=[N-]. The van der Waals surface area contributed by atoms with Crippen molar-refractivity contribution >= 4 is 15.8 Å². The van der Waals surface area contributed by atoms with Gasteiger partial charge in [0.2, 0.25) is 0 Å². The van der Waals surface area contributed by atoms with E-state index in [1.165, 1.54) is 12.1 Å². The van der Waals surface area contributed by atoms with Crippen LogP contribution >= 0.6 is 0 Å². The van der Waals surface area contributed by atoms with Gasteiger partial charge >= 0.3 is 0 Å². The number of benzene rings is 1. The van der Waals surface area contributed by atoms with Crippen LogP contribution in [-0.4, -0.2) is 32.7 Å². The molecular weight excluding hydrogens is 300 g/mol. The van der Waals surface area contributed by atoms with Crippen molar-refractivity contribution in [2.45, 2.75) is 12.8 Å². The number of non-ortho nitro benzene ring substituents is 1. The molecule has 0 bridgehead atoms. The fourth-order valence-electron chi connectivity index (χ4n) is 1.72. The zero-order valence-corrected chi connectivity index (χ0v) is 12.1. The van der Waals surface area contributed by atoms with Gasteiger partial charge in [-0.15, -0.1) is 0 Å². The summed E-state index contributed by atoms with van der Waals surface area (Å²) in [4.78, 5) is 12.9. The molecule has 0 heterocycles. The van der Waals surface area contributed by atoms with Crippen LogP contribution in [0.4, 0.5) is 5.69 Å². The van der Waals surface area contributed by atoms with E-state index < -0.39 is 15.0 Å². The third-order valence-electron chi connectivity index (χ3n) is 2.61. The Morgan fingerprint density at radius 1 is 1.38 bits per heavy atom. The van der Waals surface area contributed by atoms with E-state index in [-0.39, 0.29) is 25.3 Å². The first-order valence-corrected chi connectivity index (χ1v) is 7.76. The lowest BCUT2D eigenvalue weighted by Crippen LogP contribution is -2.08. The molecule has 0 aliphatic heterocycles. The van der Waals surface area contributed by atoms with E-state index in [9.17, 15) is 18.5 Å². The highest BCUT2D eigenvalue weighted by atomic mass is 32.2. The van der Waals surface area contributed by atoms with Crippen molar-refractivity contribution in [3.63, 3.8) is 0 Å². The van der Waals surface area contributed by atoms with Gasteiger partial charge in [0, 0.05) is 23.6 Å². The first kappa shape index (κ1) is 16.9. The summed E-state index contributed by atoms with van der Waals surface area (Å²) in [5, 5.41) is 14.2. The molecule has 0 saturated heterocycles. The molecule has 0 aromatic heterocycles. The molecule has 114 valence electrons. The van der Waals surface area contributed by atoms with Gasteiger partial charge in [-0.05, 0) is 29.5 Å². The fraction of sp³-hybridized carbons (Fsp3) is 0.455. The highest BCUT2D eigenvalue weighted by Gasteiger charge is 2.11. The summed E-state index contributed by atoms with van der Waals surface area (Å²) in [5.74, 6) is 0. The molecular formula is C11H14N4O5S. The number of hydrogen-bond acceptors (Lipinski definition) is 6. The summed E-state index contributed by atoms with van der Waals surface area (Å²) in [6, 6.07) is 4.30. The average Bonchev–Trinajstić information content (AvgIpc) is 2.38. The molecule has 0 aliphatic rings. The molecule has 1 aromatic rings. The summed E-state index contributed by atoms with van der Waals surface area (Å²) in [6.07, 6.45) is 1.56. The molecule has 0 unspecified atom stereocenters. The third-order valence-corrected chi connectivity index (χ3v) is 3.21. The van der Waals surface area contributed by atoms with E-state index in [0.717, 1.165) is 11.8 Å². The van der Waals surface area contributed by atoms with E-state index in [1.54, 1.807) is 6.07 Å². The first-order chi connectivity index (χ1) is 9.83. The Labute approximate surface area is 121 Å². The lowest BCUT2D eigenvalue weighted by atomic mass is 10.0. The van der Waals surface area contributed by atoms with Gasteiger partial charge in [0.1, 0.15) is 0 Å². The zero-order valence-electron chi connectivity index (χ0n) is 11.3. The summed E-state index contributed by atoms with van der Waals surface area (Å²) >= 11 is 0. The van der Waals surface area contributed by atoms with Crippen molar-refractivity contribution in [3.8, 4) is 0 Å². The van der Waals surface area contributed by atoms with Gasteiger partial charge in [-0.3, -0.25) is 14.3 Å². The Morgan fingerprint density at radius 2 is 2.10 bits per heavy atom. The summed E-state index contributed by atoms with van der Waals surface area (Å²) in [6.45, 7) is 0.114. The summed E-state index contributed by atoms with van der Waals surface area (Å²) in [7, 11) is -3.55. The van der Waals surface area contributed by atoms with Crippen molar-refractivity contribution in [2.75, 3.05) is 19.4 Å². The lowest BCUT2D eigenvalue weighted by molar-refractivity contribution is -0.384.